The number of hydrogen-bond donors (Lipinski definition) is 1. The number of halogens is 1. The van der Waals surface area contributed by atoms with Crippen molar-refractivity contribution in [1.82, 2.24) is 0 Å². The summed E-state index contributed by atoms with van der Waals surface area (Å²) in [7, 11) is 3.33. The molecule has 11 heteroatoms. The second kappa shape index (κ2) is 13.0. The van der Waals surface area contributed by atoms with E-state index < -0.39 is 27.7 Å². The van der Waals surface area contributed by atoms with Gasteiger partial charge in [-0.2, -0.15) is 0 Å². The van der Waals surface area contributed by atoms with Crippen LogP contribution in [-0.4, -0.2) is 49.9 Å². The van der Waals surface area contributed by atoms with Crippen molar-refractivity contribution in [3.05, 3.63) is 82.5 Å². The van der Waals surface area contributed by atoms with E-state index in [0.29, 0.717) is 45.4 Å². The second-order valence-corrected chi connectivity index (χ2v) is 10.1. The van der Waals surface area contributed by atoms with Crippen molar-refractivity contribution in [2.24, 2.45) is 0 Å². The number of ether oxygens (including phenoxy) is 5. The van der Waals surface area contributed by atoms with Crippen LogP contribution in [-0.2, 0) is 25.1 Å². The van der Waals surface area contributed by atoms with E-state index in [1.54, 1.807) is 30.3 Å². The van der Waals surface area contributed by atoms with Crippen molar-refractivity contribution in [3.8, 4) is 23.0 Å². The van der Waals surface area contributed by atoms with Gasteiger partial charge in [0.25, 0.3) is 0 Å². The Morgan fingerprint density at radius 1 is 0.872 bits per heavy atom. The van der Waals surface area contributed by atoms with Gasteiger partial charge >= 0.3 is 5.97 Å². The predicted molar refractivity (Wildman–Crippen MR) is 146 cm³/mol. The molecule has 0 aliphatic rings. The monoisotopic (exact) mass is 559 g/mol. The number of sulfone groups is 1. The summed E-state index contributed by atoms with van der Waals surface area (Å²) < 4.78 is 65.8. The first-order valence-electron chi connectivity index (χ1n) is 11.6. The first-order chi connectivity index (χ1) is 18.6. The number of anilines is 1. The molecule has 0 bridgehead atoms. The predicted octanol–water partition coefficient (Wildman–Crippen LogP) is 4.77. The summed E-state index contributed by atoms with van der Waals surface area (Å²) in [6.45, 7) is 0. The summed E-state index contributed by atoms with van der Waals surface area (Å²) >= 11 is 0. The highest BCUT2D eigenvalue weighted by Gasteiger charge is 2.23. The zero-order valence-corrected chi connectivity index (χ0v) is 23.0. The molecule has 39 heavy (non-hydrogen) atoms. The lowest BCUT2D eigenvalue weighted by Gasteiger charge is -2.20. The summed E-state index contributed by atoms with van der Waals surface area (Å²) in [5.41, 5.74) is 1.67. The SMILES string of the molecule is COC(=O)C(Nc1cc(CS(=O)(=O)/C=C/c2c(OC)cc(OC)cc2OC)ccc1OC)c1ccc(F)cc1. The maximum absolute atomic E-state index is 13.4. The van der Waals surface area contributed by atoms with Crippen LogP contribution in [0.1, 0.15) is 22.7 Å². The first kappa shape index (κ1) is 29.3. The largest absolute Gasteiger partial charge is 0.496 e. The maximum atomic E-state index is 13.4. The number of benzene rings is 3. The minimum Gasteiger partial charge on any atom is -0.496 e. The summed E-state index contributed by atoms with van der Waals surface area (Å²) in [4.78, 5) is 12.5. The molecule has 0 radical (unpaired) electrons. The quantitative estimate of drug-likeness (QED) is 0.314. The average Bonchev–Trinajstić information content (AvgIpc) is 2.94. The molecule has 0 amide bonds. The summed E-state index contributed by atoms with van der Waals surface area (Å²) in [5.74, 6) is 0.203. The normalized spacial score (nSPS) is 12.1. The zero-order chi connectivity index (χ0) is 28.6. The topological polar surface area (TPSA) is 109 Å². The van der Waals surface area contributed by atoms with Gasteiger partial charge in [-0.05, 0) is 41.5 Å². The van der Waals surface area contributed by atoms with Gasteiger partial charge in [0.1, 0.15) is 28.8 Å². The number of carbonyl (C=O) groups is 1. The molecular formula is C28H30FNO8S. The molecule has 3 rings (SSSR count). The Morgan fingerprint density at radius 3 is 2.03 bits per heavy atom. The van der Waals surface area contributed by atoms with Crippen LogP contribution in [0.5, 0.6) is 23.0 Å². The highest BCUT2D eigenvalue weighted by molar-refractivity contribution is 7.93. The zero-order valence-electron chi connectivity index (χ0n) is 22.2. The van der Waals surface area contributed by atoms with Gasteiger partial charge in [0, 0.05) is 17.5 Å². The fourth-order valence-corrected chi connectivity index (χ4v) is 4.90. The van der Waals surface area contributed by atoms with Gasteiger partial charge < -0.3 is 29.0 Å². The molecule has 9 nitrogen and oxygen atoms in total. The Bertz CT molecular complexity index is 1410. The molecule has 3 aromatic rings. The molecule has 0 heterocycles. The Kier molecular flexibility index (Phi) is 9.78. The lowest BCUT2D eigenvalue weighted by molar-refractivity contribution is -0.141. The molecule has 0 fully saturated rings. The van der Waals surface area contributed by atoms with E-state index in [-0.39, 0.29) is 5.75 Å². The number of methoxy groups -OCH3 is 5. The molecule has 208 valence electrons. The molecule has 1 unspecified atom stereocenters. The molecule has 0 aliphatic heterocycles. The van der Waals surface area contributed by atoms with Crippen LogP contribution in [0.4, 0.5) is 10.1 Å². The van der Waals surface area contributed by atoms with Crippen molar-refractivity contribution in [2.45, 2.75) is 11.8 Å². The number of esters is 1. The molecule has 1 atom stereocenters. The Hall–Kier alpha value is -4.25. The lowest BCUT2D eigenvalue weighted by Crippen LogP contribution is -2.22. The van der Waals surface area contributed by atoms with Crippen LogP contribution in [0.15, 0.2) is 60.0 Å². The molecule has 3 aromatic carbocycles. The molecular weight excluding hydrogens is 529 g/mol. The third-order valence-electron chi connectivity index (χ3n) is 5.77. The van der Waals surface area contributed by atoms with E-state index >= 15 is 0 Å². The van der Waals surface area contributed by atoms with E-state index in [1.807, 2.05) is 0 Å². The highest BCUT2D eigenvalue weighted by Crippen LogP contribution is 2.36. The second-order valence-electron chi connectivity index (χ2n) is 8.24. The smallest absolute Gasteiger partial charge is 0.332 e. The van der Waals surface area contributed by atoms with Crippen molar-refractivity contribution >= 4 is 27.6 Å². The third kappa shape index (κ3) is 7.41. The fraction of sp³-hybridized carbons (Fsp3) is 0.250. The summed E-state index contributed by atoms with van der Waals surface area (Å²) in [6.07, 6.45) is 1.40. The Balaban J connectivity index is 1.91. The van der Waals surface area contributed by atoms with Gasteiger partial charge in [-0.3, -0.25) is 0 Å². The van der Waals surface area contributed by atoms with Gasteiger partial charge in [-0.25, -0.2) is 17.6 Å². The van der Waals surface area contributed by atoms with E-state index in [9.17, 15) is 17.6 Å². The van der Waals surface area contributed by atoms with E-state index in [0.717, 1.165) is 5.41 Å². The van der Waals surface area contributed by atoms with Crippen LogP contribution in [0.25, 0.3) is 6.08 Å². The standard InChI is InChI=1S/C28H30FNO8S/c1-34-21-15-25(36-3)22(26(16-21)37-4)12-13-39(32,33)17-18-6-11-24(35-2)23(14-18)30-27(28(31)38-5)19-7-9-20(29)10-8-19/h6-16,27,30H,17H2,1-5H3/b13-12+. The molecule has 0 saturated carbocycles. The minimum absolute atomic E-state index is 0.345. The minimum atomic E-state index is -3.77. The molecule has 0 spiro atoms. The van der Waals surface area contributed by atoms with Gasteiger partial charge in [0.15, 0.2) is 15.9 Å². The number of carbonyl (C=O) groups excluding carboxylic acids is 1. The van der Waals surface area contributed by atoms with Crippen LogP contribution >= 0.6 is 0 Å². The Morgan fingerprint density at radius 2 is 1.49 bits per heavy atom. The molecule has 0 saturated heterocycles. The van der Waals surface area contributed by atoms with Crippen LogP contribution in [0.3, 0.4) is 0 Å². The number of hydrogen-bond acceptors (Lipinski definition) is 9. The van der Waals surface area contributed by atoms with Crippen molar-refractivity contribution in [2.75, 3.05) is 40.9 Å². The van der Waals surface area contributed by atoms with Crippen molar-refractivity contribution in [1.29, 1.82) is 0 Å². The van der Waals surface area contributed by atoms with E-state index in [4.69, 9.17) is 23.7 Å². The van der Waals surface area contributed by atoms with Crippen LogP contribution in [0, 0.1) is 5.82 Å². The molecule has 1 N–H and O–H groups in total. The molecule has 0 aromatic heterocycles. The molecule has 0 aliphatic carbocycles. The van der Waals surface area contributed by atoms with Gasteiger partial charge in [0.05, 0.1) is 52.6 Å². The first-order valence-corrected chi connectivity index (χ1v) is 13.3. The van der Waals surface area contributed by atoms with Crippen molar-refractivity contribution < 1.29 is 41.3 Å². The third-order valence-corrected chi connectivity index (χ3v) is 7.05. The van der Waals surface area contributed by atoms with Crippen molar-refractivity contribution in [3.63, 3.8) is 0 Å². The van der Waals surface area contributed by atoms with Gasteiger partial charge in [-0.15, -0.1) is 0 Å². The number of rotatable bonds is 12. The van der Waals surface area contributed by atoms with Gasteiger partial charge in [-0.1, -0.05) is 18.2 Å². The Labute approximate surface area is 227 Å². The van der Waals surface area contributed by atoms with Gasteiger partial charge in [0.2, 0.25) is 0 Å². The van der Waals surface area contributed by atoms with E-state index in [1.165, 1.54) is 65.9 Å². The number of nitrogens with one attached hydrogen (secondary N) is 1. The maximum Gasteiger partial charge on any atom is 0.332 e. The lowest BCUT2D eigenvalue weighted by atomic mass is 10.1. The summed E-state index contributed by atoms with van der Waals surface area (Å²) in [5, 5.41) is 4.11. The van der Waals surface area contributed by atoms with Crippen LogP contribution in [0.2, 0.25) is 0 Å². The average molecular weight is 560 g/mol. The van der Waals surface area contributed by atoms with Crippen LogP contribution < -0.4 is 24.3 Å². The fourth-order valence-electron chi connectivity index (χ4n) is 3.81. The highest BCUT2D eigenvalue weighted by atomic mass is 32.2. The van der Waals surface area contributed by atoms with E-state index in [2.05, 4.69) is 5.32 Å². The summed E-state index contributed by atoms with van der Waals surface area (Å²) in [6, 6.07) is 12.4.